The van der Waals surface area contributed by atoms with Crippen LogP contribution in [0.25, 0.3) is 0 Å². The van der Waals surface area contributed by atoms with Gasteiger partial charge in [-0.3, -0.25) is 0 Å². The molecule has 0 amide bonds. The lowest BCUT2D eigenvalue weighted by atomic mass is 9.72. The van der Waals surface area contributed by atoms with Gasteiger partial charge in [-0.2, -0.15) is 0 Å². The van der Waals surface area contributed by atoms with Crippen LogP contribution in [0.5, 0.6) is 0 Å². The van der Waals surface area contributed by atoms with Crippen LogP contribution in [0, 0.1) is 5.41 Å². The third kappa shape index (κ3) is 2.23. The Morgan fingerprint density at radius 2 is 2.00 bits per heavy atom. The lowest BCUT2D eigenvalue weighted by Crippen LogP contribution is -2.32. The van der Waals surface area contributed by atoms with E-state index in [-0.39, 0.29) is 4.87 Å². The summed E-state index contributed by atoms with van der Waals surface area (Å²) in [6, 6.07) is 0. The molecule has 1 unspecified atom stereocenters. The first-order chi connectivity index (χ1) is 4.97. The van der Waals surface area contributed by atoms with Crippen LogP contribution in [-0.2, 0) is 0 Å². The van der Waals surface area contributed by atoms with Crippen LogP contribution in [0.3, 0.4) is 0 Å². The van der Waals surface area contributed by atoms with Crippen LogP contribution >= 0.6 is 11.6 Å². The normalized spacial score (nSPS) is 36.6. The first-order valence-corrected chi connectivity index (χ1v) is 4.68. The molecule has 0 heterocycles. The first kappa shape index (κ1) is 9.12. The van der Waals surface area contributed by atoms with Crippen LogP contribution in [0.1, 0.15) is 39.5 Å². The maximum atomic E-state index is 6.33. The van der Waals surface area contributed by atoms with Gasteiger partial charge in [0.1, 0.15) is 0 Å². The fourth-order valence-corrected chi connectivity index (χ4v) is 2.50. The van der Waals surface area contributed by atoms with E-state index in [1.54, 1.807) is 0 Å². The van der Waals surface area contributed by atoms with Gasteiger partial charge in [0, 0.05) is 0 Å². The molecule has 0 aromatic heterocycles. The molecule has 0 radical (unpaired) electrons. The highest BCUT2D eigenvalue weighted by Crippen LogP contribution is 2.44. The summed E-state index contributed by atoms with van der Waals surface area (Å²) in [5, 5.41) is 0. The van der Waals surface area contributed by atoms with Crippen LogP contribution in [0.2, 0.25) is 0 Å². The van der Waals surface area contributed by atoms with Crippen molar-refractivity contribution < 1.29 is 0 Å². The van der Waals surface area contributed by atoms with E-state index in [1.807, 2.05) is 6.08 Å². The molecule has 0 aromatic carbocycles. The van der Waals surface area contributed by atoms with Crippen molar-refractivity contribution in [3.05, 3.63) is 12.7 Å². The van der Waals surface area contributed by atoms with Crippen molar-refractivity contribution in [3.63, 3.8) is 0 Å². The standard InChI is InChI=1S/C10H17Cl/c1-4-10(11)7-5-6-9(2,3)8-10/h4H,1,5-8H2,2-3H3. The highest BCUT2D eigenvalue weighted by atomic mass is 35.5. The zero-order chi connectivity index (χ0) is 8.54. The van der Waals surface area contributed by atoms with Gasteiger partial charge in [0.05, 0.1) is 4.87 Å². The molecule has 1 rings (SSSR count). The average molecular weight is 173 g/mol. The Hall–Kier alpha value is 0.0300. The smallest absolute Gasteiger partial charge is 0.0628 e. The lowest BCUT2D eigenvalue weighted by Gasteiger charge is -2.39. The van der Waals surface area contributed by atoms with E-state index in [2.05, 4.69) is 20.4 Å². The summed E-state index contributed by atoms with van der Waals surface area (Å²) in [5.41, 5.74) is 0.411. The van der Waals surface area contributed by atoms with Gasteiger partial charge in [-0.25, -0.2) is 0 Å². The molecule has 1 atom stereocenters. The third-order valence-corrected chi connectivity index (χ3v) is 3.06. The topological polar surface area (TPSA) is 0 Å². The summed E-state index contributed by atoms with van der Waals surface area (Å²) in [7, 11) is 0. The number of alkyl halides is 1. The highest BCUT2D eigenvalue weighted by Gasteiger charge is 2.35. The Morgan fingerprint density at radius 1 is 1.36 bits per heavy atom. The maximum absolute atomic E-state index is 6.33. The van der Waals surface area contributed by atoms with E-state index in [1.165, 1.54) is 12.8 Å². The third-order valence-electron chi connectivity index (χ3n) is 2.58. The number of rotatable bonds is 1. The van der Waals surface area contributed by atoms with Gasteiger partial charge in [-0.1, -0.05) is 26.3 Å². The molecule has 0 aliphatic heterocycles. The van der Waals surface area contributed by atoms with Crippen molar-refractivity contribution in [1.29, 1.82) is 0 Å². The van der Waals surface area contributed by atoms with Crippen LogP contribution < -0.4 is 0 Å². The second-order valence-corrected chi connectivity index (χ2v) is 5.19. The molecule has 0 saturated heterocycles. The average Bonchev–Trinajstić information content (AvgIpc) is 1.85. The molecule has 0 spiro atoms. The van der Waals surface area contributed by atoms with Crippen molar-refractivity contribution in [2.45, 2.75) is 44.4 Å². The fraction of sp³-hybridized carbons (Fsp3) is 0.800. The van der Waals surface area contributed by atoms with E-state index in [0.29, 0.717) is 5.41 Å². The molecule has 0 aromatic rings. The van der Waals surface area contributed by atoms with Gasteiger partial charge in [-0.15, -0.1) is 18.2 Å². The molecule has 0 bridgehead atoms. The molecule has 1 aliphatic carbocycles. The number of halogens is 1. The molecule has 0 N–H and O–H groups in total. The predicted molar refractivity (Wildman–Crippen MR) is 51.0 cm³/mol. The Kier molecular flexibility index (Phi) is 2.34. The molecular formula is C10H17Cl. The maximum Gasteiger partial charge on any atom is 0.0628 e. The van der Waals surface area contributed by atoms with E-state index in [0.717, 1.165) is 12.8 Å². The molecule has 11 heavy (non-hydrogen) atoms. The lowest BCUT2D eigenvalue weighted by molar-refractivity contribution is 0.220. The molecule has 1 aliphatic rings. The summed E-state index contributed by atoms with van der Waals surface area (Å²) in [6.07, 6.45) is 6.62. The van der Waals surface area contributed by atoms with Crippen molar-refractivity contribution in [3.8, 4) is 0 Å². The van der Waals surface area contributed by atoms with Gasteiger partial charge in [0.2, 0.25) is 0 Å². The van der Waals surface area contributed by atoms with Gasteiger partial charge in [0.15, 0.2) is 0 Å². The largest absolute Gasteiger partial charge is 0.115 e. The summed E-state index contributed by atoms with van der Waals surface area (Å²) in [4.78, 5) is -0.109. The molecule has 1 heteroatoms. The Balaban J connectivity index is 2.66. The minimum absolute atomic E-state index is 0.109. The van der Waals surface area contributed by atoms with E-state index >= 15 is 0 Å². The van der Waals surface area contributed by atoms with E-state index in [9.17, 15) is 0 Å². The number of allylic oxidation sites excluding steroid dienone is 1. The monoisotopic (exact) mass is 172 g/mol. The van der Waals surface area contributed by atoms with Crippen molar-refractivity contribution in [1.82, 2.24) is 0 Å². The van der Waals surface area contributed by atoms with Crippen molar-refractivity contribution >= 4 is 11.6 Å². The molecule has 0 nitrogen and oxygen atoms in total. The minimum Gasteiger partial charge on any atom is -0.115 e. The molecule has 64 valence electrons. The fourth-order valence-electron chi connectivity index (χ4n) is 2.01. The molecule has 1 saturated carbocycles. The Bertz CT molecular complexity index is 160. The zero-order valence-electron chi connectivity index (χ0n) is 7.49. The minimum atomic E-state index is -0.109. The van der Waals surface area contributed by atoms with E-state index < -0.39 is 0 Å². The van der Waals surface area contributed by atoms with Crippen molar-refractivity contribution in [2.24, 2.45) is 5.41 Å². The first-order valence-electron chi connectivity index (χ1n) is 4.30. The van der Waals surface area contributed by atoms with Gasteiger partial charge < -0.3 is 0 Å². The molecular weight excluding hydrogens is 156 g/mol. The SMILES string of the molecule is C=CC1(Cl)CCCC(C)(C)C1. The second-order valence-electron chi connectivity index (χ2n) is 4.43. The zero-order valence-corrected chi connectivity index (χ0v) is 8.25. The number of hydrogen-bond donors (Lipinski definition) is 0. The summed E-state index contributed by atoms with van der Waals surface area (Å²) >= 11 is 6.33. The van der Waals surface area contributed by atoms with E-state index in [4.69, 9.17) is 11.6 Å². The summed E-state index contributed by atoms with van der Waals surface area (Å²) < 4.78 is 0. The second kappa shape index (κ2) is 2.82. The van der Waals surface area contributed by atoms with Gasteiger partial charge in [-0.05, 0) is 24.7 Å². The quantitative estimate of drug-likeness (QED) is 0.418. The van der Waals surface area contributed by atoms with Crippen molar-refractivity contribution in [2.75, 3.05) is 0 Å². The van der Waals surface area contributed by atoms with Crippen LogP contribution in [-0.4, -0.2) is 4.87 Å². The Labute approximate surface area is 74.6 Å². The summed E-state index contributed by atoms with van der Waals surface area (Å²) in [6.45, 7) is 8.36. The van der Waals surface area contributed by atoms with Crippen LogP contribution in [0.15, 0.2) is 12.7 Å². The van der Waals surface area contributed by atoms with Gasteiger partial charge >= 0.3 is 0 Å². The Morgan fingerprint density at radius 3 is 2.36 bits per heavy atom. The highest BCUT2D eigenvalue weighted by molar-refractivity contribution is 6.25. The van der Waals surface area contributed by atoms with Gasteiger partial charge in [0.25, 0.3) is 0 Å². The van der Waals surface area contributed by atoms with Crippen LogP contribution in [0.4, 0.5) is 0 Å². The molecule has 1 fully saturated rings. The predicted octanol–water partition coefficient (Wildman–Crippen LogP) is 3.75. The summed E-state index contributed by atoms with van der Waals surface area (Å²) in [5.74, 6) is 0. The number of hydrogen-bond acceptors (Lipinski definition) is 0.